The van der Waals surface area contributed by atoms with Crippen LogP contribution in [0.2, 0.25) is 0 Å². The molecule has 0 aromatic carbocycles. The number of hydrogen-bond acceptors (Lipinski definition) is 0. The lowest BCUT2D eigenvalue weighted by Crippen LogP contribution is -2.20. The van der Waals surface area contributed by atoms with Gasteiger partial charge in [0.05, 0.1) is 0 Å². The predicted molar refractivity (Wildman–Crippen MR) is 55.1 cm³/mol. The second kappa shape index (κ2) is 3.93. The lowest BCUT2D eigenvalue weighted by Gasteiger charge is -2.33. The van der Waals surface area contributed by atoms with E-state index in [1.165, 1.54) is 19.3 Å². The summed E-state index contributed by atoms with van der Waals surface area (Å²) in [5.41, 5.74) is 2.06. The normalized spacial score (nSPS) is 20.8. The summed E-state index contributed by atoms with van der Waals surface area (Å²) in [7, 11) is 0. The van der Waals surface area contributed by atoms with Gasteiger partial charge in [-0.3, -0.25) is 0 Å². The summed E-state index contributed by atoms with van der Waals surface area (Å²) in [6.45, 7) is 6.86. The summed E-state index contributed by atoms with van der Waals surface area (Å²) >= 11 is 0. The SMILES string of the molecule is CCC1=CCC=CC1(CC)CC. The topological polar surface area (TPSA) is 0 Å². The Morgan fingerprint density at radius 3 is 2.33 bits per heavy atom. The molecule has 0 bridgehead atoms. The fourth-order valence-electron chi connectivity index (χ4n) is 2.25. The van der Waals surface area contributed by atoms with Crippen LogP contribution >= 0.6 is 0 Å². The molecule has 1 aliphatic carbocycles. The zero-order valence-corrected chi connectivity index (χ0v) is 8.56. The number of rotatable bonds is 3. The maximum Gasteiger partial charge on any atom is 0.00856 e. The third kappa shape index (κ3) is 1.48. The van der Waals surface area contributed by atoms with Crippen LogP contribution in [-0.4, -0.2) is 0 Å². The zero-order valence-electron chi connectivity index (χ0n) is 8.56. The Morgan fingerprint density at radius 2 is 1.92 bits per heavy atom. The molecule has 0 saturated heterocycles. The highest BCUT2D eigenvalue weighted by Gasteiger charge is 2.27. The lowest BCUT2D eigenvalue weighted by atomic mass is 9.72. The minimum atomic E-state index is 0.410. The van der Waals surface area contributed by atoms with Gasteiger partial charge in [0.25, 0.3) is 0 Å². The van der Waals surface area contributed by atoms with Crippen molar-refractivity contribution in [1.29, 1.82) is 0 Å². The molecule has 68 valence electrons. The van der Waals surface area contributed by atoms with Crippen LogP contribution in [0.4, 0.5) is 0 Å². The molecule has 0 aliphatic heterocycles. The van der Waals surface area contributed by atoms with Crippen LogP contribution in [0.1, 0.15) is 46.5 Å². The van der Waals surface area contributed by atoms with Crippen molar-refractivity contribution < 1.29 is 0 Å². The molecule has 0 aromatic heterocycles. The summed E-state index contributed by atoms with van der Waals surface area (Å²) in [6.07, 6.45) is 12.0. The van der Waals surface area contributed by atoms with Crippen molar-refractivity contribution in [3.63, 3.8) is 0 Å². The summed E-state index contributed by atoms with van der Waals surface area (Å²) < 4.78 is 0. The van der Waals surface area contributed by atoms with E-state index in [2.05, 4.69) is 39.0 Å². The van der Waals surface area contributed by atoms with E-state index in [-0.39, 0.29) is 0 Å². The Hall–Kier alpha value is -0.520. The maximum atomic E-state index is 2.42. The Bertz CT molecular complexity index is 192. The predicted octanol–water partition coefficient (Wildman–Crippen LogP) is 4.09. The van der Waals surface area contributed by atoms with E-state index >= 15 is 0 Å². The Kier molecular flexibility index (Phi) is 3.13. The molecule has 0 fully saturated rings. The first-order valence-corrected chi connectivity index (χ1v) is 5.16. The van der Waals surface area contributed by atoms with Crippen LogP contribution in [0.3, 0.4) is 0 Å². The first-order chi connectivity index (χ1) is 5.79. The van der Waals surface area contributed by atoms with Gasteiger partial charge in [0.1, 0.15) is 0 Å². The molecule has 12 heavy (non-hydrogen) atoms. The van der Waals surface area contributed by atoms with Gasteiger partial charge in [-0.1, -0.05) is 44.6 Å². The fraction of sp³-hybridized carbons (Fsp3) is 0.667. The van der Waals surface area contributed by atoms with Crippen LogP contribution in [0.5, 0.6) is 0 Å². The smallest absolute Gasteiger partial charge is 0.00856 e. The molecular formula is C12H20. The summed E-state index contributed by atoms with van der Waals surface area (Å²) in [6, 6.07) is 0. The zero-order chi connectivity index (χ0) is 9.03. The second-order valence-electron chi connectivity index (χ2n) is 3.58. The van der Waals surface area contributed by atoms with Gasteiger partial charge in [0.15, 0.2) is 0 Å². The fourth-order valence-corrected chi connectivity index (χ4v) is 2.25. The molecule has 1 aliphatic rings. The van der Waals surface area contributed by atoms with Crippen molar-refractivity contribution in [2.45, 2.75) is 46.5 Å². The molecule has 0 N–H and O–H groups in total. The van der Waals surface area contributed by atoms with E-state index in [1.807, 2.05) is 0 Å². The monoisotopic (exact) mass is 164 g/mol. The van der Waals surface area contributed by atoms with Crippen LogP contribution in [0.15, 0.2) is 23.8 Å². The van der Waals surface area contributed by atoms with E-state index in [0.29, 0.717) is 5.41 Å². The van der Waals surface area contributed by atoms with E-state index < -0.39 is 0 Å². The molecule has 0 amide bonds. The van der Waals surface area contributed by atoms with Gasteiger partial charge >= 0.3 is 0 Å². The largest absolute Gasteiger partial charge is 0.0839 e. The molecule has 0 heterocycles. The number of allylic oxidation sites excluding steroid dienone is 4. The molecule has 0 radical (unpaired) electrons. The molecule has 0 spiro atoms. The number of hydrogen-bond donors (Lipinski definition) is 0. The quantitative estimate of drug-likeness (QED) is 0.551. The van der Waals surface area contributed by atoms with Gasteiger partial charge in [-0.2, -0.15) is 0 Å². The van der Waals surface area contributed by atoms with E-state index in [0.717, 1.165) is 6.42 Å². The third-order valence-corrected chi connectivity index (χ3v) is 3.22. The van der Waals surface area contributed by atoms with E-state index in [9.17, 15) is 0 Å². The average Bonchev–Trinajstić information content (AvgIpc) is 2.17. The minimum Gasteiger partial charge on any atom is -0.0839 e. The molecule has 0 heteroatoms. The minimum absolute atomic E-state index is 0.410. The van der Waals surface area contributed by atoms with Gasteiger partial charge in [-0.25, -0.2) is 0 Å². The van der Waals surface area contributed by atoms with Gasteiger partial charge in [0, 0.05) is 5.41 Å². The Balaban J connectivity index is 2.89. The van der Waals surface area contributed by atoms with E-state index in [4.69, 9.17) is 0 Å². The lowest BCUT2D eigenvalue weighted by molar-refractivity contribution is 0.408. The van der Waals surface area contributed by atoms with Crippen molar-refractivity contribution in [2.24, 2.45) is 5.41 Å². The molecular weight excluding hydrogens is 144 g/mol. The molecule has 0 aromatic rings. The standard InChI is InChI=1S/C12H20/c1-4-11-9-7-8-10-12(11,5-2)6-3/h8-10H,4-7H2,1-3H3. The van der Waals surface area contributed by atoms with E-state index in [1.54, 1.807) is 5.57 Å². The Labute approximate surface area is 76.4 Å². The van der Waals surface area contributed by atoms with Gasteiger partial charge < -0.3 is 0 Å². The summed E-state index contributed by atoms with van der Waals surface area (Å²) in [5.74, 6) is 0. The molecule has 0 saturated carbocycles. The summed E-state index contributed by atoms with van der Waals surface area (Å²) in [5, 5.41) is 0. The molecule has 0 atom stereocenters. The summed E-state index contributed by atoms with van der Waals surface area (Å²) in [4.78, 5) is 0. The maximum absolute atomic E-state index is 2.42. The van der Waals surface area contributed by atoms with Gasteiger partial charge in [-0.05, 0) is 25.7 Å². The van der Waals surface area contributed by atoms with Crippen molar-refractivity contribution in [3.8, 4) is 0 Å². The highest BCUT2D eigenvalue weighted by atomic mass is 14.3. The van der Waals surface area contributed by atoms with Crippen molar-refractivity contribution in [3.05, 3.63) is 23.8 Å². The van der Waals surface area contributed by atoms with Crippen LogP contribution in [0, 0.1) is 5.41 Å². The second-order valence-corrected chi connectivity index (χ2v) is 3.58. The average molecular weight is 164 g/mol. The first-order valence-electron chi connectivity index (χ1n) is 5.16. The van der Waals surface area contributed by atoms with Gasteiger partial charge in [0.2, 0.25) is 0 Å². The van der Waals surface area contributed by atoms with Crippen LogP contribution in [-0.2, 0) is 0 Å². The Morgan fingerprint density at radius 1 is 1.25 bits per heavy atom. The third-order valence-electron chi connectivity index (χ3n) is 3.22. The molecule has 0 unspecified atom stereocenters. The van der Waals surface area contributed by atoms with Crippen LogP contribution in [0.25, 0.3) is 0 Å². The molecule has 1 rings (SSSR count). The highest BCUT2D eigenvalue weighted by molar-refractivity contribution is 5.26. The van der Waals surface area contributed by atoms with Gasteiger partial charge in [-0.15, -0.1) is 0 Å². The van der Waals surface area contributed by atoms with Crippen LogP contribution < -0.4 is 0 Å². The van der Waals surface area contributed by atoms with Crippen molar-refractivity contribution in [1.82, 2.24) is 0 Å². The first kappa shape index (κ1) is 9.57. The van der Waals surface area contributed by atoms with Crippen molar-refractivity contribution in [2.75, 3.05) is 0 Å². The van der Waals surface area contributed by atoms with Crippen molar-refractivity contribution >= 4 is 0 Å². The highest BCUT2D eigenvalue weighted by Crippen LogP contribution is 2.40. The molecule has 0 nitrogen and oxygen atoms in total.